The van der Waals surface area contributed by atoms with Crippen molar-refractivity contribution in [3.63, 3.8) is 0 Å². The van der Waals surface area contributed by atoms with Crippen LogP contribution in [-0.4, -0.2) is 33.1 Å². The van der Waals surface area contributed by atoms with Gasteiger partial charge < -0.3 is 0 Å². The molecule has 0 saturated heterocycles. The Morgan fingerprint density at radius 3 is 1.08 bits per heavy atom. The van der Waals surface area contributed by atoms with Crippen molar-refractivity contribution in [3.8, 4) is 0 Å². The van der Waals surface area contributed by atoms with Crippen LogP contribution < -0.4 is 0 Å². The summed E-state index contributed by atoms with van der Waals surface area (Å²) in [6, 6.07) is 0. The Morgan fingerprint density at radius 1 is 0.528 bits per heavy atom. The molecule has 0 heterocycles. The van der Waals surface area contributed by atoms with Crippen LogP contribution in [0.15, 0.2) is 4.90 Å². The first-order chi connectivity index (χ1) is 16.9. The van der Waals surface area contributed by atoms with E-state index in [9.17, 15) is 30.4 Å². The van der Waals surface area contributed by atoms with E-state index in [0.29, 0.717) is 50.3 Å². The van der Waals surface area contributed by atoms with Crippen molar-refractivity contribution in [2.45, 2.75) is 110 Å². The fourth-order valence-corrected chi connectivity index (χ4v) is 14.8. The van der Waals surface area contributed by atoms with Crippen LogP contribution in [0.5, 0.6) is 0 Å². The molecule has 212 valence electrons. The van der Waals surface area contributed by atoms with Gasteiger partial charge in [0.15, 0.2) is 0 Å². The molecule has 36 heavy (non-hydrogen) atoms. The van der Waals surface area contributed by atoms with Gasteiger partial charge in [0.25, 0.3) is 0 Å². The predicted molar refractivity (Wildman–Crippen MR) is 139 cm³/mol. The van der Waals surface area contributed by atoms with Gasteiger partial charge in [-0.1, -0.05) is 0 Å². The topological polar surface area (TPSA) is 43.4 Å². The van der Waals surface area contributed by atoms with Gasteiger partial charge in [-0.05, 0) is 0 Å². The van der Waals surface area contributed by atoms with Crippen LogP contribution in [0, 0.1) is 29.1 Å². The Bertz CT molecular complexity index is 859. The number of rotatable bonds is 19. The molecule has 0 amide bonds. The van der Waals surface area contributed by atoms with Gasteiger partial charge in [-0.15, -0.1) is 0 Å². The van der Waals surface area contributed by atoms with Gasteiger partial charge in [-0.25, -0.2) is 0 Å². The molecule has 3 nitrogen and oxygen atoms in total. The standard InChI is InChI=1S/C26H44F5O3PS/c1-5-9-13-17-35(18-14-10-6-2,19-15-11-7-3,20-16-12-8-4)34-36(32,33)26-24(30)22(28)21(27)23(29)25(26)31/h5-20H2,1-4H3. The normalized spacial score (nSPS) is 13.6. The van der Waals surface area contributed by atoms with E-state index in [1.807, 2.05) is 27.7 Å². The van der Waals surface area contributed by atoms with E-state index < -0.39 is 50.9 Å². The molecule has 0 unspecified atom stereocenters. The Labute approximate surface area is 214 Å². The molecule has 1 aromatic rings. The number of halogens is 5. The first-order valence-electron chi connectivity index (χ1n) is 13.4. The van der Waals surface area contributed by atoms with Gasteiger partial charge in [0.1, 0.15) is 0 Å². The summed E-state index contributed by atoms with van der Waals surface area (Å²) in [5, 5.41) is 0. The third-order valence-electron chi connectivity index (χ3n) is 7.04. The summed E-state index contributed by atoms with van der Waals surface area (Å²) in [6.07, 6.45) is 11.5. The SMILES string of the molecule is CCCCCP(CCCCC)(CCCCC)(CCCCC)OS(=O)(=O)c1c(F)c(F)c(F)c(F)c1F. The number of hydrogen-bond acceptors (Lipinski definition) is 3. The van der Waals surface area contributed by atoms with E-state index in [2.05, 4.69) is 0 Å². The van der Waals surface area contributed by atoms with Crippen molar-refractivity contribution in [1.82, 2.24) is 0 Å². The monoisotopic (exact) mass is 562 g/mol. The summed E-state index contributed by atoms with van der Waals surface area (Å²) in [4.78, 5) is -1.87. The van der Waals surface area contributed by atoms with Crippen molar-refractivity contribution in [3.05, 3.63) is 29.1 Å². The van der Waals surface area contributed by atoms with Crippen LogP contribution in [-0.2, 0) is 14.1 Å². The molecule has 0 aliphatic rings. The summed E-state index contributed by atoms with van der Waals surface area (Å²) < 4.78 is 104. The van der Waals surface area contributed by atoms with Crippen molar-refractivity contribution in [2.75, 3.05) is 24.6 Å². The van der Waals surface area contributed by atoms with Gasteiger partial charge in [0, 0.05) is 0 Å². The molecule has 1 rings (SSSR count). The summed E-state index contributed by atoms with van der Waals surface area (Å²) >= 11 is 0. The average Bonchev–Trinajstić information content (AvgIpc) is 2.82. The van der Waals surface area contributed by atoms with Gasteiger partial charge in [0.05, 0.1) is 0 Å². The number of benzene rings is 1. The second kappa shape index (κ2) is 15.0. The Morgan fingerprint density at radius 2 is 0.806 bits per heavy atom. The zero-order chi connectivity index (χ0) is 27.4. The molecular formula is C26H44F5O3PS. The minimum atomic E-state index is -5.29. The molecule has 0 N–H and O–H groups in total. The van der Waals surface area contributed by atoms with Crippen molar-refractivity contribution in [1.29, 1.82) is 0 Å². The molecule has 0 radical (unpaired) electrons. The maximum atomic E-state index is 14.7. The third kappa shape index (κ3) is 8.36. The summed E-state index contributed by atoms with van der Waals surface area (Å²) in [5.41, 5.74) is 0. The first-order valence-corrected chi connectivity index (χ1v) is 17.7. The van der Waals surface area contributed by atoms with E-state index in [1.165, 1.54) is 0 Å². The molecule has 0 aliphatic carbocycles. The van der Waals surface area contributed by atoms with E-state index in [-0.39, 0.29) is 0 Å². The number of unbranched alkanes of at least 4 members (excludes halogenated alkanes) is 8. The Hall–Kier alpha value is -0.790. The second-order valence-electron chi connectivity index (χ2n) is 10.0. The Balaban J connectivity index is 3.80. The zero-order valence-electron chi connectivity index (χ0n) is 22.3. The number of hydrogen-bond donors (Lipinski definition) is 0. The van der Waals surface area contributed by atoms with Gasteiger partial charge >= 0.3 is 215 Å². The molecule has 0 aromatic heterocycles. The fourth-order valence-electron chi connectivity index (χ4n) is 4.99. The van der Waals surface area contributed by atoms with E-state index >= 15 is 0 Å². The van der Waals surface area contributed by atoms with E-state index in [0.717, 1.165) is 51.4 Å². The quantitative estimate of drug-likeness (QED) is 0.0555. The van der Waals surface area contributed by atoms with Crippen molar-refractivity contribution in [2.24, 2.45) is 0 Å². The molecule has 1 aromatic carbocycles. The Kier molecular flexibility index (Phi) is 13.8. The van der Waals surface area contributed by atoms with Crippen LogP contribution in [0.1, 0.15) is 105 Å². The van der Waals surface area contributed by atoms with Crippen molar-refractivity contribution >= 4 is 16.9 Å². The molecular weight excluding hydrogens is 518 g/mol. The van der Waals surface area contributed by atoms with Gasteiger partial charge in [0.2, 0.25) is 0 Å². The molecule has 0 spiro atoms. The molecule has 0 saturated carbocycles. The first kappa shape index (κ1) is 33.2. The average molecular weight is 563 g/mol. The van der Waals surface area contributed by atoms with Crippen LogP contribution >= 0.6 is 6.83 Å². The second-order valence-corrected chi connectivity index (χ2v) is 17.4. The van der Waals surface area contributed by atoms with E-state index in [4.69, 9.17) is 3.97 Å². The fraction of sp³-hybridized carbons (Fsp3) is 0.769. The van der Waals surface area contributed by atoms with Crippen LogP contribution in [0.3, 0.4) is 0 Å². The minimum absolute atomic E-state index is 0.464. The zero-order valence-corrected chi connectivity index (χ0v) is 24.0. The molecule has 0 fully saturated rings. The molecule has 0 aliphatic heterocycles. The van der Waals surface area contributed by atoms with Crippen LogP contribution in [0.2, 0.25) is 0 Å². The van der Waals surface area contributed by atoms with Crippen molar-refractivity contribution < 1.29 is 34.3 Å². The summed E-state index contributed by atoms with van der Waals surface area (Å²) in [6.45, 7) is 4.40. The van der Waals surface area contributed by atoms with Crippen LogP contribution in [0.25, 0.3) is 0 Å². The van der Waals surface area contributed by atoms with Gasteiger partial charge in [-0.3, -0.25) is 0 Å². The molecule has 0 atom stereocenters. The van der Waals surface area contributed by atoms with E-state index in [1.54, 1.807) is 0 Å². The molecule has 0 bridgehead atoms. The predicted octanol–water partition coefficient (Wildman–Crippen LogP) is 9.32. The maximum absolute atomic E-state index is 14.7. The van der Waals surface area contributed by atoms with Crippen LogP contribution in [0.4, 0.5) is 22.0 Å². The molecule has 10 heteroatoms. The van der Waals surface area contributed by atoms with Gasteiger partial charge in [-0.2, -0.15) is 0 Å². The third-order valence-corrected chi connectivity index (χ3v) is 16.2. The summed E-state index contributed by atoms with van der Waals surface area (Å²) in [7, 11) is -5.29. The summed E-state index contributed by atoms with van der Waals surface area (Å²) in [5.74, 6) is -11.7.